The molecule has 0 aromatic carbocycles. The molecule has 1 unspecified atom stereocenters. The van der Waals surface area contributed by atoms with Crippen molar-refractivity contribution in [2.45, 2.75) is 57.4 Å². The number of aromatic nitrogens is 2. The van der Waals surface area contributed by atoms with Gasteiger partial charge in [0.05, 0.1) is 6.04 Å². The van der Waals surface area contributed by atoms with Gasteiger partial charge in [-0.15, -0.1) is 0 Å². The van der Waals surface area contributed by atoms with Crippen molar-refractivity contribution >= 4 is 11.9 Å². The van der Waals surface area contributed by atoms with Crippen LogP contribution in [0.25, 0.3) is 0 Å². The molecule has 0 spiro atoms. The van der Waals surface area contributed by atoms with Crippen LogP contribution < -0.4 is 0 Å². The van der Waals surface area contributed by atoms with Crippen LogP contribution in [0.4, 0.5) is 0 Å². The first-order valence-electron chi connectivity index (χ1n) is 8.69. The highest BCUT2D eigenvalue weighted by molar-refractivity contribution is 5.92. The Kier molecular flexibility index (Phi) is 4.98. The van der Waals surface area contributed by atoms with E-state index in [0.29, 0.717) is 30.6 Å². The second-order valence-corrected chi connectivity index (χ2v) is 6.79. The van der Waals surface area contributed by atoms with Crippen LogP contribution in [0.1, 0.15) is 67.9 Å². The number of nitrogens with zero attached hydrogens (tertiary/aromatic N) is 3. The Labute approximate surface area is 136 Å². The fourth-order valence-corrected chi connectivity index (χ4v) is 3.90. The van der Waals surface area contributed by atoms with Crippen LogP contribution in [0.2, 0.25) is 0 Å². The molecule has 23 heavy (non-hydrogen) atoms. The fraction of sp³-hybridized carbons (Fsp3) is 0.706. The van der Waals surface area contributed by atoms with Gasteiger partial charge in [-0.3, -0.25) is 14.3 Å². The lowest BCUT2D eigenvalue weighted by molar-refractivity contribution is -0.137. The molecule has 2 aliphatic rings. The molecular formula is C17H25N3O3. The van der Waals surface area contributed by atoms with Crippen molar-refractivity contribution in [3.05, 3.63) is 18.0 Å². The van der Waals surface area contributed by atoms with Crippen LogP contribution in [-0.4, -0.2) is 44.8 Å². The highest BCUT2D eigenvalue weighted by atomic mass is 16.4. The Morgan fingerprint density at radius 2 is 2.00 bits per heavy atom. The van der Waals surface area contributed by atoms with Crippen LogP contribution in [0.15, 0.2) is 12.3 Å². The molecule has 1 saturated heterocycles. The molecule has 1 N–H and O–H groups in total. The maximum absolute atomic E-state index is 12.9. The van der Waals surface area contributed by atoms with Gasteiger partial charge in [-0.05, 0) is 44.1 Å². The lowest BCUT2D eigenvalue weighted by Gasteiger charge is -2.33. The van der Waals surface area contributed by atoms with E-state index in [1.165, 1.54) is 12.8 Å². The molecule has 3 rings (SSSR count). The van der Waals surface area contributed by atoms with Crippen molar-refractivity contribution in [2.24, 2.45) is 5.92 Å². The van der Waals surface area contributed by atoms with E-state index in [9.17, 15) is 9.59 Å². The number of amides is 1. The Balaban J connectivity index is 1.65. The van der Waals surface area contributed by atoms with Gasteiger partial charge in [-0.2, -0.15) is 5.10 Å². The standard InChI is InChI=1S/C17H25N3O3/c21-16(22)8-7-13-4-3-11-19(12-13)17(23)15-9-10-18-20(15)14-5-1-2-6-14/h9-10,13-14H,1-8,11-12H2,(H,21,22). The van der Waals surface area contributed by atoms with Crippen molar-refractivity contribution in [1.29, 1.82) is 0 Å². The van der Waals surface area contributed by atoms with E-state index in [0.717, 1.165) is 32.2 Å². The van der Waals surface area contributed by atoms with Crippen molar-refractivity contribution in [3.63, 3.8) is 0 Å². The van der Waals surface area contributed by atoms with Gasteiger partial charge in [0.1, 0.15) is 5.69 Å². The summed E-state index contributed by atoms with van der Waals surface area (Å²) in [6, 6.07) is 2.18. The molecule has 1 amide bonds. The van der Waals surface area contributed by atoms with Gasteiger partial charge in [0.15, 0.2) is 0 Å². The minimum atomic E-state index is -0.757. The zero-order valence-corrected chi connectivity index (χ0v) is 13.5. The molecule has 6 nitrogen and oxygen atoms in total. The summed E-state index contributed by atoms with van der Waals surface area (Å²) in [5.74, 6) is -0.408. The molecule has 126 valence electrons. The molecule has 1 aromatic rings. The van der Waals surface area contributed by atoms with Gasteiger partial charge in [-0.25, -0.2) is 0 Å². The van der Waals surface area contributed by atoms with E-state index >= 15 is 0 Å². The molecule has 2 heterocycles. The number of rotatable bonds is 5. The van der Waals surface area contributed by atoms with Gasteiger partial charge in [-0.1, -0.05) is 12.8 Å². The zero-order valence-electron chi connectivity index (χ0n) is 13.5. The lowest BCUT2D eigenvalue weighted by Crippen LogP contribution is -2.41. The molecule has 1 aromatic heterocycles. The summed E-state index contributed by atoms with van der Waals surface area (Å²) in [5.41, 5.74) is 0.691. The van der Waals surface area contributed by atoms with Crippen molar-refractivity contribution in [3.8, 4) is 0 Å². The summed E-state index contributed by atoms with van der Waals surface area (Å²) < 4.78 is 1.91. The Hall–Kier alpha value is -1.85. The maximum Gasteiger partial charge on any atom is 0.303 e. The van der Waals surface area contributed by atoms with Crippen molar-refractivity contribution < 1.29 is 14.7 Å². The van der Waals surface area contributed by atoms with E-state index in [-0.39, 0.29) is 12.3 Å². The quantitative estimate of drug-likeness (QED) is 0.905. The Morgan fingerprint density at radius 3 is 2.74 bits per heavy atom. The summed E-state index contributed by atoms with van der Waals surface area (Å²) in [5, 5.41) is 13.2. The highest BCUT2D eigenvalue weighted by Gasteiger charge is 2.29. The molecule has 2 fully saturated rings. The topological polar surface area (TPSA) is 75.4 Å². The first-order valence-corrected chi connectivity index (χ1v) is 8.69. The van der Waals surface area contributed by atoms with E-state index < -0.39 is 5.97 Å². The van der Waals surface area contributed by atoms with Crippen LogP contribution >= 0.6 is 0 Å². The predicted molar refractivity (Wildman–Crippen MR) is 85.2 cm³/mol. The minimum absolute atomic E-state index is 0.0504. The van der Waals surface area contributed by atoms with Crippen LogP contribution in [0.5, 0.6) is 0 Å². The zero-order chi connectivity index (χ0) is 16.2. The van der Waals surface area contributed by atoms with E-state index in [4.69, 9.17) is 5.11 Å². The first kappa shape index (κ1) is 16.0. The molecule has 0 radical (unpaired) electrons. The van der Waals surface area contributed by atoms with Gasteiger partial charge < -0.3 is 10.0 Å². The molecule has 6 heteroatoms. The normalized spacial score (nSPS) is 22.4. The maximum atomic E-state index is 12.9. The van der Waals surface area contributed by atoms with Crippen molar-refractivity contribution in [1.82, 2.24) is 14.7 Å². The number of hydrogen-bond acceptors (Lipinski definition) is 3. The number of carboxylic acids is 1. The second-order valence-electron chi connectivity index (χ2n) is 6.79. The number of aliphatic carboxylic acids is 1. The minimum Gasteiger partial charge on any atom is -0.481 e. The van der Waals surface area contributed by atoms with Crippen LogP contribution in [0.3, 0.4) is 0 Å². The third-order valence-corrected chi connectivity index (χ3v) is 5.13. The van der Waals surface area contributed by atoms with E-state index in [1.807, 2.05) is 15.6 Å². The third-order valence-electron chi connectivity index (χ3n) is 5.13. The summed E-state index contributed by atoms with van der Waals surface area (Å²) in [7, 11) is 0. The Morgan fingerprint density at radius 1 is 1.22 bits per heavy atom. The average Bonchev–Trinajstić information content (AvgIpc) is 3.23. The van der Waals surface area contributed by atoms with Crippen LogP contribution in [-0.2, 0) is 4.79 Å². The van der Waals surface area contributed by atoms with Gasteiger partial charge in [0, 0.05) is 25.7 Å². The fourth-order valence-electron chi connectivity index (χ4n) is 3.90. The molecule has 0 bridgehead atoms. The molecule has 1 aliphatic heterocycles. The number of carbonyl (C=O) groups is 2. The monoisotopic (exact) mass is 319 g/mol. The molecule has 1 aliphatic carbocycles. The first-order chi connectivity index (χ1) is 11.1. The predicted octanol–water partition coefficient (Wildman–Crippen LogP) is 2.72. The summed E-state index contributed by atoms with van der Waals surface area (Å²) in [4.78, 5) is 25.5. The largest absolute Gasteiger partial charge is 0.481 e. The van der Waals surface area contributed by atoms with Crippen molar-refractivity contribution in [2.75, 3.05) is 13.1 Å². The summed E-state index contributed by atoms with van der Waals surface area (Å²) in [6.07, 6.45) is 9.14. The lowest BCUT2D eigenvalue weighted by atomic mass is 9.93. The SMILES string of the molecule is O=C(O)CCC1CCCN(C(=O)c2ccnn2C2CCCC2)C1. The van der Waals surface area contributed by atoms with E-state index in [2.05, 4.69) is 5.10 Å². The smallest absolute Gasteiger partial charge is 0.303 e. The summed E-state index contributed by atoms with van der Waals surface area (Å²) >= 11 is 0. The van der Waals surface area contributed by atoms with Crippen LogP contribution in [0, 0.1) is 5.92 Å². The number of carboxylic acid groups (broad SMARTS) is 1. The molecular weight excluding hydrogens is 294 g/mol. The summed E-state index contributed by atoms with van der Waals surface area (Å²) in [6.45, 7) is 1.43. The Bertz CT molecular complexity index is 563. The average molecular weight is 319 g/mol. The van der Waals surface area contributed by atoms with Gasteiger partial charge in [0.25, 0.3) is 5.91 Å². The highest BCUT2D eigenvalue weighted by Crippen LogP contribution is 2.30. The van der Waals surface area contributed by atoms with Gasteiger partial charge in [0.2, 0.25) is 0 Å². The number of likely N-dealkylation sites (tertiary alicyclic amines) is 1. The number of piperidine rings is 1. The van der Waals surface area contributed by atoms with E-state index in [1.54, 1.807) is 6.20 Å². The third kappa shape index (κ3) is 3.74. The second kappa shape index (κ2) is 7.15. The van der Waals surface area contributed by atoms with Gasteiger partial charge >= 0.3 is 5.97 Å². The molecule has 1 saturated carbocycles. The number of hydrogen-bond donors (Lipinski definition) is 1. The molecule has 1 atom stereocenters. The number of carbonyl (C=O) groups excluding carboxylic acids is 1.